The van der Waals surface area contributed by atoms with Crippen LogP contribution in [0.15, 0.2) is 30.3 Å². The second kappa shape index (κ2) is 8.21. The fourth-order valence-corrected chi connectivity index (χ4v) is 2.86. The quantitative estimate of drug-likeness (QED) is 0.809. The van der Waals surface area contributed by atoms with E-state index in [0.29, 0.717) is 0 Å². The van der Waals surface area contributed by atoms with Crippen molar-refractivity contribution >= 4 is 18.0 Å². The van der Waals surface area contributed by atoms with Crippen LogP contribution in [0.2, 0.25) is 0 Å². The Bertz CT molecular complexity index is 652. The Morgan fingerprint density at radius 1 is 1.19 bits per heavy atom. The van der Waals surface area contributed by atoms with E-state index in [2.05, 4.69) is 0 Å². The number of nitrogens with zero attached hydrogens (tertiary/aromatic N) is 1. The minimum absolute atomic E-state index is 0.0654. The Balaban J connectivity index is 1.91. The molecule has 7 nitrogen and oxygen atoms in total. The molecule has 142 valence electrons. The number of hydrogen-bond acceptors (Lipinski definition) is 5. The van der Waals surface area contributed by atoms with Crippen molar-refractivity contribution in [3.8, 4) is 0 Å². The van der Waals surface area contributed by atoms with Crippen molar-refractivity contribution in [3.63, 3.8) is 0 Å². The molecule has 1 N–H and O–H groups in total. The molecule has 0 unspecified atom stereocenters. The molecule has 0 aliphatic carbocycles. The SMILES string of the molecule is CC(C)(C)OC(=O)N1C[C@H](CC(=O)OCc2ccccc2)C[C@H]1C(=O)O. The van der Waals surface area contributed by atoms with Gasteiger partial charge in [-0.25, -0.2) is 9.59 Å². The van der Waals surface area contributed by atoms with Crippen LogP contribution in [-0.4, -0.2) is 46.2 Å². The summed E-state index contributed by atoms with van der Waals surface area (Å²) >= 11 is 0. The van der Waals surface area contributed by atoms with Gasteiger partial charge >= 0.3 is 18.0 Å². The molecule has 1 aromatic rings. The van der Waals surface area contributed by atoms with Gasteiger partial charge in [0.2, 0.25) is 0 Å². The average Bonchev–Trinajstić information content (AvgIpc) is 2.96. The summed E-state index contributed by atoms with van der Waals surface area (Å²) in [6, 6.07) is 8.31. The first-order valence-corrected chi connectivity index (χ1v) is 8.57. The maximum atomic E-state index is 12.2. The first-order chi connectivity index (χ1) is 12.2. The Labute approximate surface area is 152 Å². The van der Waals surface area contributed by atoms with Crippen molar-refractivity contribution in [2.75, 3.05) is 6.54 Å². The standard InChI is InChI=1S/C19H25NO6/c1-19(2,3)26-18(24)20-11-14(9-15(20)17(22)23)10-16(21)25-12-13-7-5-4-6-8-13/h4-8,14-15H,9-12H2,1-3H3,(H,22,23)/t14-,15-/m0/s1. The van der Waals surface area contributed by atoms with Gasteiger partial charge in [-0.2, -0.15) is 0 Å². The molecular formula is C19H25NO6. The average molecular weight is 363 g/mol. The van der Waals surface area contributed by atoms with E-state index in [1.807, 2.05) is 30.3 Å². The van der Waals surface area contributed by atoms with E-state index in [1.165, 1.54) is 4.90 Å². The monoisotopic (exact) mass is 363 g/mol. The van der Waals surface area contributed by atoms with Crippen molar-refractivity contribution in [2.45, 2.75) is 51.9 Å². The molecule has 0 aromatic heterocycles. The van der Waals surface area contributed by atoms with Crippen LogP contribution in [0.4, 0.5) is 4.79 Å². The van der Waals surface area contributed by atoms with Crippen molar-refractivity contribution in [3.05, 3.63) is 35.9 Å². The summed E-state index contributed by atoms with van der Waals surface area (Å²) in [5, 5.41) is 9.37. The zero-order chi connectivity index (χ0) is 19.3. The largest absolute Gasteiger partial charge is 0.480 e. The van der Waals surface area contributed by atoms with Gasteiger partial charge in [0.15, 0.2) is 0 Å². The number of likely N-dealkylation sites (tertiary alicyclic amines) is 1. The molecule has 1 heterocycles. The zero-order valence-electron chi connectivity index (χ0n) is 15.3. The Hall–Kier alpha value is -2.57. The normalized spacial score (nSPS) is 19.9. The fourth-order valence-electron chi connectivity index (χ4n) is 2.86. The van der Waals surface area contributed by atoms with Gasteiger partial charge in [0.25, 0.3) is 0 Å². The Morgan fingerprint density at radius 2 is 1.85 bits per heavy atom. The smallest absolute Gasteiger partial charge is 0.411 e. The number of ether oxygens (including phenoxy) is 2. The van der Waals surface area contributed by atoms with Crippen LogP contribution in [0.25, 0.3) is 0 Å². The van der Waals surface area contributed by atoms with Gasteiger partial charge in [-0.05, 0) is 38.7 Å². The predicted molar refractivity (Wildman–Crippen MR) is 93.3 cm³/mol. The third-order valence-corrected chi connectivity index (χ3v) is 4.00. The van der Waals surface area contributed by atoms with Gasteiger partial charge < -0.3 is 14.6 Å². The molecule has 2 rings (SSSR count). The molecule has 0 bridgehead atoms. The predicted octanol–water partition coefficient (Wildman–Crippen LogP) is 2.83. The van der Waals surface area contributed by atoms with Crippen LogP contribution in [-0.2, 0) is 25.7 Å². The third-order valence-electron chi connectivity index (χ3n) is 4.00. The highest BCUT2D eigenvalue weighted by Gasteiger charge is 2.42. The molecule has 1 saturated heterocycles. The lowest BCUT2D eigenvalue weighted by Crippen LogP contribution is -2.43. The van der Waals surface area contributed by atoms with E-state index in [1.54, 1.807) is 20.8 Å². The number of amides is 1. The number of benzene rings is 1. The number of rotatable bonds is 5. The molecule has 1 aromatic carbocycles. The summed E-state index contributed by atoms with van der Waals surface area (Å²) in [5.74, 6) is -1.78. The van der Waals surface area contributed by atoms with Gasteiger partial charge in [0.05, 0.1) is 6.42 Å². The summed E-state index contributed by atoms with van der Waals surface area (Å²) in [4.78, 5) is 36.9. The molecule has 1 amide bonds. The summed E-state index contributed by atoms with van der Waals surface area (Å²) in [6.07, 6.45) is -0.407. The van der Waals surface area contributed by atoms with Crippen molar-refractivity contribution in [2.24, 2.45) is 5.92 Å². The van der Waals surface area contributed by atoms with Gasteiger partial charge in [-0.15, -0.1) is 0 Å². The fraction of sp³-hybridized carbons (Fsp3) is 0.526. The van der Waals surface area contributed by atoms with E-state index in [4.69, 9.17) is 9.47 Å². The van der Waals surface area contributed by atoms with Crippen LogP contribution in [0.5, 0.6) is 0 Å². The Morgan fingerprint density at radius 3 is 2.42 bits per heavy atom. The number of esters is 1. The lowest BCUT2D eigenvalue weighted by Gasteiger charge is -2.26. The third kappa shape index (κ3) is 5.75. The van der Waals surface area contributed by atoms with Crippen molar-refractivity contribution in [1.29, 1.82) is 0 Å². The van der Waals surface area contributed by atoms with Crippen LogP contribution in [0, 0.1) is 5.92 Å². The molecule has 26 heavy (non-hydrogen) atoms. The number of carbonyl (C=O) groups excluding carboxylic acids is 2. The highest BCUT2D eigenvalue weighted by atomic mass is 16.6. The van der Waals surface area contributed by atoms with E-state index in [0.717, 1.165) is 5.56 Å². The molecule has 1 aliphatic heterocycles. The first kappa shape index (κ1) is 19.8. The van der Waals surface area contributed by atoms with Gasteiger partial charge in [-0.3, -0.25) is 9.69 Å². The second-order valence-electron chi connectivity index (χ2n) is 7.44. The van der Waals surface area contributed by atoms with E-state index < -0.39 is 29.7 Å². The zero-order valence-corrected chi connectivity index (χ0v) is 15.3. The van der Waals surface area contributed by atoms with Gasteiger partial charge in [0, 0.05) is 6.54 Å². The lowest BCUT2D eigenvalue weighted by molar-refractivity contribution is -0.146. The van der Waals surface area contributed by atoms with Crippen LogP contribution in [0.1, 0.15) is 39.2 Å². The highest BCUT2D eigenvalue weighted by Crippen LogP contribution is 2.28. The van der Waals surface area contributed by atoms with Crippen LogP contribution < -0.4 is 0 Å². The lowest BCUT2D eigenvalue weighted by atomic mass is 10.0. The van der Waals surface area contributed by atoms with Gasteiger partial charge in [0.1, 0.15) is 18.2 Å². The van der Waals surface area contributed by atoms with Crippen LogP contribution in [0.3, 0.4) is 0 Å². The maximum Gasteiger partial charge on any atom is 0.411 e. The van der Waals surface area contributed by atoms with Crippen molar-refractivity contribution in [1.82, 2.24) is 4.90 Å². The summed E-state index contributed by atoms with van der Waals surface area (Å²) in [5.41, 5.74) is 0.165. The van der Waals surface area contributed by atoms with Crippen molar-refractivity contribution < 1.29 is 29.0 Å². The van der Waals surface area contributed by atoms with E-state index in [-0.39, 0.29) is 31.9 Å². The molecule has 2 atom stereocenters. The maximum absolute atomic E-state index is 12.2. The second-order valence-corrected chi connectivity index (χ2v) is 7.44. The molecule has 0 radical (unpaired) electrons. The molecular weight excluding hydrogens is 338 g/mol. The molecule has 1 aliphatic rings. The number of carboxylic acids is 1. The number of aliphatic carboxylic acids is 1. The van der Waals surface area contributed by atoms with Gasteiger partial charge in [-0.1, -0.05) is 30.3 Å². The van der Waals surface area contributed by atoms with E-state index in [9.17, 15) is 19.5 Å². The molecule has 1 fully saturated rings. The minimum Gasteiger partial charge on any atom is -0.480 e. The Kier molecular flexibility index (Phi) is 6.23. The summed E-state index contributed by atoms with van der Waals surface area (Å²) in [6.45, 7) is 5.48. The molecule has 0 spiro atoms. The number of hydrogen-bond donors (Lipinski definition) is 1. The summed E-state index contributed by atoms with van der Waals surface area (Å²) in [7, 11) is 0. The first-order valence-electron chi connectivity index (χ1n) is 8.57. The van der Waals surface area contributed by atoms with E-state index >= 15 is 0 Å². The topological polar surface area (TPSA) is 93.1 Å². The van der Waals surface area contributed by atoms with Crippen LogP contribution >= 0.6 is 0 Å². The molecule has 7 heteroatoms. The minimum atomic E-state index is -1.10. The number of carboxylic acid groups (broad SMARTS) is 1. The highest BCUT2D eigenvalue weighted by molar-refractivity contribution is 5.81. The number of carbonyl (C=O) groups is 3. The summed E-state index contributed by atoms with van der Waals surface area (Å²) < 4.78 is 10.5. The molecule has 0 saturated carbocycles.